The van der Waals surface area contributed by atoms with Gasteiger partial charge in [0.05, 0.1) is 5.56 Å². The van der Waals surface area contributed by atoms with E-state index in [1.54, 1.807) is 19.2 Å². The standard InChI is InChI=1S/C16H23F3N2/c1-3-13-6-4-5-9-21(13)15-8-7-12(11-20-2)10-14(15)16(17,18)19/h7-8,10,13,20H,3-6,9,11H2,1-2H3. The number of benzene rings is 1. The highest BCUT2D eigenvalue weighted by Crippen LogP contribution is 2.39. The smallest absolute Gasteiger partial charge is 0.368 e. The minimum Gasteiger partial charge on any atom is -0.368 e. The van der Waals surface area contributed by atoms with Crippen molar-refractivity contribution in [1.29, 1.82) is 0 Å². The van der Waals surface area contributed by atoms with E-state index in [9.17, 15) is 13.2 Å². The van der Waals surface area contributed by atoms with Crippen molar-refractivity contribution in [3.63, 3.8) is 0 Å². The molecule has 1 aromatic rings. The maximum absolute atomic E-state index is 13.4. The molecule has 0 spiro atoms. The lowest BCUT2D eigenvalue weighted by Gasteiger charge is -2.38. The van der Waals surface area contributed by atoms with E-state index in [4.69, 9.17) is 0 Å². The van der Waals surface area contributed by atoms with Gasteiger partial charge in [0.1, 0.15) is 0 Å². The Hall–Kier alpha value is -1.23. The zero-order valence-corrected chi connectivity index (χ0v) is 12.6. The van der Waals surface area contributed by atoms with Crippen LogP contribution in [-0.2, 0) is 12.7 Å². The van der Waals surface area contributed by atoms with Gasteiger partial charge in [-0.05, 0) is 50.4 Å². The van der Waals surface area contributed by atoms with Crippen molar-refractivity contribution in [3.05, 3.63) is 29.3 Å². The summed E-state index contributed by atoms with van der Waals surface area (Å²) in [5.41, 5.74) is 0.503. The molecule has 1 aliphatic rings. The summed E-state index contributed by atoms with van der Waals surface area (Å²) in [4.78, 5) is 1.95. The van der Waals surface area contributed by atoms with Crippen molar-refractivity contribution in [1.82, 2.24) is 5.32 Å². The zero-order valence-electron chi connectivity index (χ0n) is 12.6. The molecule has 0 aliphatic carbocycles. The molecule has 1 aromatic carbocycles. The summed E-state index contributed by atoms with van der Waals surface area (Å²) in [5, 5.41) is 2.90. The van der Waals surface area contributed by atoms with Crippen molar-refractivity contribution < 1.29 is 13.2 Å². The van der Waals surface area contributed by atoms with E-state index in [0.29, 0.717) is 24.3 Å². The molecule has 0 amide bonds. The number of anilines is 1. The maximum atomic E-state index is 13.4. The van der Waals surface area contributed by atoms with Crippen molar-refractivity contribution in [2.45, 2.75) is 51.4 Å². The van der Waals surface area contributed by atoms with E-state index in [0.717, 1.165) is 25.7 Å². The first kappa shape index (κ1) is 16.1. The Morgan fingerprint density at radius 2 is 2.05 bits per heavy atom. The van der Waals surface area contributed by atoms with Crippen LogP contribution in [0.4, 0.5) is 18.9 Å². The lowest BCUT2D eigenvalue weighted by Crippen LogP contribution is -2.40. The van der Waals surface area contributed by atoms with Gasteiger partial charge < -0.3 is 10.2 Å². The summed E-state index contributed by atoms with van der Waals surface area (Å²) in [7, 11) is 1.74. The van der Waals surface area contributed by atoms with Gasteiger partial charge in [-0.2, -0.15) is 13.2 Å². The molecule has 1 heterocycles. The Balaban J connectivity index is 2.41. The fourth-order valence-electron chi connectivity index (χ4n) is 3.12. The van der Waals surface area contributed by atoms with Gasteiger partial charge >= 0.3 is 6.18 Å². The summed E-state index contributed by atoms with van der Waals surface area (Å²) in [6.07, 6.45) is -0.378. The first-order chi connectivity index (χ1) is 9.97. The SMILES string of the molecule is CCC1CCCCN1c1ccc(CNC)cc1C(F)(F)F. The average molecular weight is 300 g/mol. The molecular formula is C16H23F3N2. The van der Waals surface area contributed by atoms with Crippen LogP contribution in [0.3, 0.4) is 0 Å². The highest BCUT2D eigenvalue weighted by atomic mass is 19.4. The number of halogens is 3. The highest BCUT2D eigenvalue weighted by molar-refractivity contribution is 5.57. The van der Waals surface area contributed by atoms with Crippen LogP contribution in [0.1, 0.15) is 43.7 Å². The maximum Gasteiger partial charge on any atom is 0.418 e. The summed E-state index contributed by atoms with van der Waals surface area (Å²) in [6.45, 7) is 3.21. The molecule has 1 fully saturated rings. The largest absolute Gasteiger partial charge is 0.418 e. The minimum absolute atomic E-state index is 0.218. The van der Waals surface area contributed by atoms with E-state index in [1.165, 1.54) is 6.07 Å². The first-order valence-corrected chi connectivity index (χ1v) is 7.58. The molecule has 0 aromatic heterocycles. The summed E-state index contributed by atoms with van der Waals surface area (Å²) in [6, 6.07) is 4.94. The second-order valence-corrected chi connectivity index (χ2v) is 5.63. The molecule has 5 heteroatoms. The Morgan fingerprint density at radius 3 is 2.67 bits per heavy atom. The van der Waals surface area contributed by atoms with E-state index < -0.39 is 11.7 Å². The number of nitrogens with zero attached hydrogens (tertiary/aromatic N) is 1. The van der Waals surface area contributed by atoms with Crippen molar-refractivity contribution in [2.75, 3.05) is 18.5 Å². The van der Waals surface area contributed by atoms with Crippen LogP contribution < -0.4 is 10.2 Å². The fourth-order valence-corrected chi connectivity index (χ4v) is 3.12. The van der Waals surface area contributed by atoms with Crippen molar-refractivity contribution in [2.24, 2.45) is 0 Å². The van der Waals surface area contributed by atoms with E-state index in [2.05, 4.69) is 5.32 Å². The van der Waals surface area contributed by atoms with Crippen LogP contribution in [0.5, 0.6) is 0 Å². The lowest BCUT2D eigenvalue weighted by atomic mass is 9.97. The van der Waals surface area contributed by atoms with Gasteiger partial charge in [0.15, 0.2) is 0 Å². The number of alkyl halides is 3. The molecule has 1 atom stereocenters. The van der Waals surface area contributed by atoms with E-state index in [1.807, 2.05) is 11.8 Å². The molecule has 2 nitrogen and oxygen atoms in total. The molecule has 1 saturated heterocycles. The van der Waals surface area contributed by atoms with Crippen LogP contribution in [-0.4, -0.2) is 19.6 Å². The van der Waals surface area contributed by atoms with Crippen molar-refractivity contribution >= 4 is 5.69 Å². The Kier molecular flexibility index (Phi) is 5.14. The zero-order chi connectivity index (χ0) is 15.5. The second kappa shape index (κ2) is 6.69. The number of nitrogens with one attached hydrogen (secondary N) is 1. The fraction of sp³-hybridized carbons (Fsp3) is 0.625. The molecular weight excluding hydrogens is 277 g/mol. The van der Waals surface area contributed by atoms with Gasteiger partial charge in [0.25, 0.3) is 0 Å². The van der Waals surface area contributed by atoms with Gasteiger partial charge in [0.2, 0.25) is 0 Å². The number of piperidine rings is 1. The van der Waals surface area contributed by atoms with Gasteiger partial charge in [-0.25, -0.2) is 0 Å². The van der Waals surface area contributed by atoms with Crippen molar-refractivity contribution in [3.8, 4) is 0 Å². The normalized spacial score (nSPS) is 19.9. The van der Waals surface area contributed by atoms with Crippen LogP contribution in [0.2, 0.25) is 0 Å². The van der Waals surface area contributed by atoms with Crippen LogP contribution in [0, 0.1) is 0 Å². The molecule has 1 unspecified atom stereocenters. The van der Waals surface area contributed by atoms with E-state index >= 15 is 0 Å². The predicted molar refractivity (Wildman–Crippen MR) is 79.5 cm³/mol. The van der Waals surface area contributed by atoms with Gasteiger partial charge in [-0.15, -0.1) is 0 Å². The molecule has 0 bridgehead atoms. The molecule has 1 aliphatic heterocycles. The van der Waals surface area contributed by atoms with Crippen LogP contribution in [0.15, 0.2) is 18.2 Å². The minimum atomic E-state index is -4.31. The lowest BCUT2D eigenvalue weighted by molar-refractivity contribution is -0.137. The molecule has 21 heavy (non-hydrogen) atoms. The third-order valence-corrected chi connectivity index (χ3v) is 4.16. The predicted octanol–water partition coefficient (Wildman–Crippen LogP) is 4.19. The number of rotatable bonds is 4. The summed E-state index contributed by atoms with van der Waals surface area (Å²) >= 11 is 0. The monoisotopic (exact) mass is 300 g/mol. The molecule has 1 N–H and O–H groups in total. The Bertz CT molecular complexity index is 471. The van der Waals surface area contributed by atoms with E-state index in [-0.39, 0.29) is 6.04 Å². The Morgan fingerprint density at radius 1 is 1.29 bits per heavy atom. The Labute approximate surface area is 124 Å². The third-order valence-electron chi connectivity index (χ3n) is 4.16. The third kappa shape index (κ3) is 3.70. The quantitative estimate of drug-likeness (QED) is 0.897. The first-order valence-electron chi connectivity index (χ1n) is 7.58. The second-order valence-electron chi connectivity index (χ2n) is 5.63. The van der Waals surface area contributed by atoms with Crippen LogP contribution in [0.25, 0.3) is 0 Å². The molecule has 0 saturated carbocycles. The van der Waals surface area contributed by atoms with Crippen LogP contribution >= 0.6 is 0 Å². The van der Waals surface area contributed by atoms with Gasteiger partial charge in [-0.1, -0.05) is 13.0 Å². The van der Waals surface area contributed by atoms with Gasteiger partial charge in [0, 0.05) is 24.8 Å². The summed E-state index contributed by atoms with van der Waals surface area (Å²) < 4.78 is 40.2. The topological polar surface area (TPSA) is 15.3 Å². The van der Waals surface area contributed by atoms with Gasteiger partial charge in [-0.3, -0.25) is 0 Å². The average Bonchev–Trinajstić information content (AvgIpc) is 2.46. The number of hydrogen-bond acceptors (Lipinski definition) is 2. The summed E-state index contributed by atoms with van der Waals surface area (Å²) in [5.74, 6) is 0. The highest BCUT2D eigenvalue weighted by Gasteiger charge is 2.36. The molecule has 2 rings (SSSR count). The number of hydrogen-bond donors (Lipinski definition) is 1. The molecule has 118 valence electrons. The molecule has 0 radical (unpaired) electrons.